The quantitative estimate of drug-likeness (QED) is 0.693. The molecule has 1 aromatic heterocycles. The Labute approximate surface area is 178 Å². The van der Waals surface area contributed by atoms with Crippen LogP contribution in [0.4, 0.5) is 30.6 Å². The highest BCUT2D eigenvalue weighted by Crippen LogP contribution is 2.24. The second-order valence-corrected chi connectivity index (χ2v) is 7.40. The molecule has 1 aromatic carbocycles. The first-order valence-electron chi connectivity index (χ1n) is 10.0. The Bertz CT molecular complexity index is 972. The number of alkyl halides is 3. The SMILES string of the molecule is CCCc1cc(N2CC[C@H](NC(=O)CC(F)(F)F)C2)nc(Nc2cccc(C#N)c2)n1. The first-order valence-corrected chi connectivity index (χ1v) is 10.0. The number of nitrogens with zero attached hydrogens (tertiary/aromatic N) is 4. The molecule has 164 valence electrons. The van der Waals surface area contributed by atoms with E-state index in [0.29, 0.717) is 42.5 Å². The van der Waals surface area contributed by atoms with E-state index in [2.05, 4.69) is 26.7 Å². The summed E-state index contributed by atoms with van der Waals surface area (Å²) in [6.07, 6.45) is -3.84. The maximum absolute atomic E-state index is 12.4. The summed E-state index contributed by atoms with van der Waals surface area (Å²) >= 11 is 0. The third kappa shape index (κ3) is 6.57. The van der Waals surface area contributed by atoms with Crippen LogP contribution in [0.5, 0.6) is 0 Å². The van der Waals surface area contributed by atoms with Gasteiger partial charge in [-0.3, -0.25) is 4.79 Å². The number of aryl methyl sites for hydroxylation is 1. The second kappa shape index (κ2) is 9.64. The number of carbonyl (C=O) groups is 1. The molecule has 7 nitrogen and oxygen atoms in total. The average Bonchev–Trinajstić information content (AvgIpc) is 3.15. The van der Waals surface area contributed by atoms with Gasteiger partial charge < -0.3 is 15.5 Å². The van der Waals surface area contributed by atoms with Gasteiger partial charge in [-0.1, -0.05) is 19.4 Å². The number of amides is 1. The smallest absolute Gasteiger partial charge is 0.354 e. The zero-order valence-corrected chi connectivity index (χ0v) is 17.0. The van der Waals surface area contributed by atoms with Crippen molar-refractivity contribution in [2.45, 2.75) is 44.8 Å². The number of benzene rings is 1. The standard InChI is InChI=1S/C21H23F3N6O/c1-2-4-15-10-18(29-20(27-15)28-16-6-3-5-14(9-16)12-25)30-8-7-17(13-30)26-19(31)11-21(22,23)24/h3,5-6,9-10,17H,2,4,7-8,11,13H2,1H3,(H,26,31)(H,27,28,29)/t17-/m0/s1. The van der Waals surface area contributed by atoms with Crippen molar-refractivity contribution < 1.29 is 18.0 Å². The van der Waals surface area contributed by atoms with Crippen molar-refractivity contribution in [2.24, 2.45) is 0 Å². The lowest BCUT2D eigenvalue weighted by Gasteiger charge is -2.20. The molecule has 10 heteroatoms. The number of halogens is 3. The van der Waals surface area contributed by atoms with Crippen LogP contribution < -0.4 is 15.5 Å². The summed E-state index contributed by atoms with van der Waals surface area (Å²) in [4.78, 5) is 22.6. The number of aromatic nitrogens is 2. The molecule has 1 aliphatic heterocycles. The molecule has 1 atom stereocenters. The minimum absolute atomic E-state index is 0.371. The molecule has 1 saturated heterocycles. The van der Waals surface area contributed by atoms with Crippen molar-refractivity contribution in [1.82, 2.24) is 15.3 Å². The monoisotopic (exact) mass is 432 g/mol. The Morgan fingerprint density at radius 1 is 1.32 bits per heavy atom. The molecule has 1 amide bonds. The minimum Gasteiger partial charge on any atom is -0.354 e. The summed E-state index contributed by atoms with van der Waals surface area (Å²) in [6, 6.07) is 10.5. The molecule has 1 fully saturated rings. The van der Waals surface area contributed by atoms with Gasteiger partial charge in [0.25, 0.3) is 0 Å². The summed E-state index contributed by atoms with van der Waals surface area (Å²) in [5.41, 5.74) is 2.01. The maximum Gasteiger partial charge on any atom is 0.397 e. The van der Waals surface area contributed by atoms with Crippen LogP contribution in [-0.2, 0) is 11.2 Å². The number of anilines is 3. The van der Waals surface area contributed by atoms with Crippen molar-refractivity contribution in [1.29, 1.82) is 5.26 Å². The number of nitriles is 1. The van der Waals surface area contributed by atoms with Gasteiger partial charge in [-0.2, -0.15) is 23.4 Å². The highest BCUT2D eigenvalue weighted by molar-refractivity contribution is 5.77. The summed E-state index contributed by atoms with van der Waals surface area (Å²) in [7, 11) is 0. The first-order chi connectivity index (χ1) is 14.8. The molecule has 3 rings (SSSR count). The molecule has 2 heterocycles. The number of carbonyl (C=O) groups excluding carboxylic acids is 1. The molecule has 0 spiro atoms. The lowest BCUT2D eigenvalue weighted by Crippen LogP contribution is -2.39. The highest BCUT2D eigenvalue weighted by Gasteiger charge is 2.33. The van der Waals surface area contributed by atoms with Gasteiger partial charge >= 0.3 is 6.18 Å². The molecule has 0 saturated carbocycles. The number of hydrogen-bond donors (Lipinski definition) is 2. The molecular weight excluding hydrogens is 409 g/mol. The fraction of sp³-hybridized carbons (Fsp3) is 0.429. The normalized spacial score (nSPS) is 16.1. The van der Waals surface area contributed by atoms with E-state index < -0.39 is 18.5 Å². The van der Waals surface area contributed by atoms with Crippen LogP contribution in [0.1, 0.15) is 37.4 Å². The van der Waals surface area contributed by atoms with Crippen LogP contribution in [0, 0.1) is 11.3 Å². The maximum atomic E-state index is 12.4. The van der Waals surface area contributed by atoms with Gasteiger partial charge in [0, 0.05) is 36.6 Å². The lowest BCUT2D eigenvalue weighted by atomic mass is 10.2. The van der Waals surface area contributed by atoms with Crippen molar-refractivity contribution >= 4 is 23.4 Å². The van der Waals surface area contributed by atoms with Gasteiger partial charge in [-0.25, -0.2) is 4.98 Å². The molecule has 31 heavy (non-hydrogen) atoms. The number of nitrogens with one attached hydrogen (secondary N) is 2. The predicted molar refractivity (Wildman–Crippen MR) is 110 cm³/mol. The summed E-state index contributed by atoms with van der Waals surface area (Å²) in [5.74, 6) is -0.000931. The Balaban J connectivity index is 1.73. The van der Waals surface area contributed by atoms with Crippen LogP contribution >= 0.6 is 0 Å². The van der Waals surface area contributed by atoms with Crippen molar-refractivity contribution in [3.63, 3.8) is 0 Å². The van der Waals surface area contributed by atoms with Gasteiger partial charge in [0.05, 0.1) is 11.6 Å². The molecule has 0 radical (unpaired) electrons. The third-order valence-corrected chi connectivity index (χ3v) is 4.76. The molecule has 0 bridgehead atoms. The molecule has 1 aliphatic rings. The summed E-state index contributed by atoms with van der Waals surface area (Å²) < 4.78 is 37.2. The Kier molecular flexibility index (Phi) is 6.95. The molecule has 0 aliphatic carbocycles. The van der Waals surface area contributed by atoms with Crippen LogP contribution in [0.3, 0.4) is 0 Å². The predicted octanol–water partition coefficient (Wildman–Crippen LogP) is 3.69. The Morgan fingerprint density at radius 3 is 2.84 bits per heavy atom. The topological polar surface area (TPSA) is 93.9 Å². The Hall–Kier alpha value is -3.35. The lowest BCUT2D eigenvalue weighted by molar-refractivity contribution is -0.154. The second-order valence-electron chi connectivity index (χ2n) is 7.40. The van der Waals surface area contributed by atoms with Gasteiger partial charge in [-0.15, -0.1) is 0 Å². The van der Waals surface area contributed by atoms with Gasteiger partial charge in [0.15, 0.2) is 0 Å². The zero-order chi connectivity index (χ0) is 22.4. The van der Waals surface area contributed by atoms with Crippen LogP contribution in [-0.4, -0.2) is 41.2 Å². The van der Waals surface area contributed by atoms with Crippen molar-refractivity contribution in [3.05, 3.63) is 41.6 Å². The van der Waals surface area contributed by atoms with Crippen LogP contribution in [0.2, 0.25) is 0 Å². The van der Waals surface area contributed by atoms with Gasteiger partial charge in [0.2, 0.25) is 11.9 Å². The zero-order valence-electron chi connectivity index (χ0n) is 17.0. The fourth-order valence-electron chi connectivity index (χ4n) is 3.43. The van der Waals surface area contributed by atoms with Gasteiger partial charge in [0.1, 0.15) is 12.2 Å². The van der Waals surface area contributed by atoms with E-state index in [1.165, 1.54) is 0 Å². The average molecular weight is 432 g/mol. The summed E-state index contributed by atoms with van der Waals surface area (Å²) in [6.45, 7) is 2.96. The Morgan fingerprint density at radius 2 is 2.13 bits per heavy atom. The van der Waals surface area contributed by atoms with E-state index in [4.69, 9.17) is 5.26 Å². The van der Waals surface area contributed by atoms with Crippen LogP contribution in [0.25, 0.3) is 0 Å². The van der Waals surface area contributed by atoms with Crippen LogP contribution in [0.15, 0.2) is 30.3 Å². The van der Waals surface area contributed by atoms with Crippen molar-refractivity contribution in [2.75, 3.05) is 23.3 Å². The van der Waals surface area contributed by atoms with E-state index in [1.54, 1.807) is 24.3 Å². The van der Waals surface area contributed by atoms with E-state index in [9.17, 15) is 18.0 Å². The number of hydrogen-bond acceptors (Lipinski definition) is 6. The van der Waals surface area contributed by atoms with Crippen molar-refractivity contribution in [3.8, 4) is 6.07 Å². The fourth-order valence-corrected chi connectivity index (χ4v) is 3.43. The number of rotatable bonds is 7. The van der Waals surface area contributed by atoms with E-state index in [1.807, 2.05) is 17.9 Å². The summed E-state index contributed by atoms with van der Waals surface area (Å²) in [5, 5.41) is 14.6. The van der Waals surface area contributed by atoms with E-state index >= 15 is 0 Å². The third-order valence-electron chi connectivity index (χ3n) is 4.76. The highest BCUT2D eigenvalue weighted by atomic mass is 19.4. The minimum atomic E-state index is -4.52. The molecule has 2 aromatic rings. The first kappa shape index (κ1) is 22.3. The van der Waals surface area contributed by atoms with E-state index in [0.717, 1.165) is 18.5 Å². The van der Waals surface area contributed by atoms with Gasteiger partial charge in [-0.05, 0) is 31.0 Å². The molecule has 2 N–H and O–H groups in total. The largest absolute Gasteiger partial charge is 0.397 e. The molecular formula is C21H23F3N6O. The molecule has 0 unspecified atom stereocenters. The van der Waals surface area contributed by atoms with E-state index in [-0.39, 0.29) is 6.04 Å².